The Balaban J connectivity index is 1.75. The first-order valence-corrected chi connectivity index (χ1v) is 11.9. The summed E-state index contributed by atoms with van der Waals surface area (Å²) in [5, 5.41) is 7.85. The third-order valence-corrected chi connectivity index (χ3v) is 5.91. The molecule has 174 valence electrons. The average Bonchev–Trinajstić information content (AvgIpc) is 3.11. The quantitative estimate of drug-likeness (QED) is 0.588. The zero-order valence-corrected chi connectivity index (χ0v) is 20.1. The lowest BCUT2D eigenvalue weighted by atomic mass is 10.1. The number of likely N-dealkylation sites (N-methyl/N-ethyl adjacent to an activating group) is 1. The standard InChI is InChI=1S/C22H37N5O3S/c1-5-27(16-19(28)23-14-18-8-6-13-31-18)21(30)17-26-10-7-9-25(11-12-26)15-20(29)24-22(2,3)4/h6,8,13H,5,7,9-12,14-17H2,1-4H3,(H,23,28)(H,24,29). The minimum atomic E-state index is -0.235. The fourth-order valence-corrected chi connectivity index (χ4v) is 4.14. The highest BCUT2D eigenvalue weighted by atomic mass is 32.1. The van der Waals surface area contributed by atoms with Gasteiger partial charge in [0.15, 0.2) is 0 Å². The number of rotatable bonds is 9. The smallest absolute Gasteiger partial charge is 0.239 e. The Kier molecular flexibility index (Phi) is 9.93. The van der Waals surface area contributed by atoms with Crippen LogP contribution in [0.4, 0.5) is 0 Å². The van der Waals surface area contributed by atoms with Gasteiger partial charge in [-0.25, -0.2) is 0 Å². The van der Waals surface area contributed by atoms with Crippen LogP contribution in [0, 0.1) is 0 Å². The van der Waals surface area contributed by atoms with Crippen molar-refractivity contribution in [3.63, 3.8) is 0 Å². The predicted molar refractivity (Wildman–Crippen MR) is 124 cm³/mol. The number of nitrogens with zero attached hydrogens (tertiary/aromatic N) is 3. The second-order valence-corrected chi connectivity index (χ2v) is 10.0. The van der Waals surface area contributed by atoms with Crippen LogP contribution in [-0.2, 0) is 20.9 Å². The summed E-state index contributed by atoms with van der Waals surface area (Å²) in [6.45, 7) is 12.7. The van der Waals surface area contributed by atoms with E-state index in [1.165, 1.54) is 0 Å². The van der Waals surface area contributed by atoms with E-state index in [0.717, 1.165) is 37.5 Å². The van der Waals surface area contributed by atoms with Crippen molar-refractivity contribution in [3.8, 4) is 0 Å². The maximum absolute atomic E-state index is 12.8. The molecular weight excluding hydrogens is 414 g/mol. The van der Waals surface area contributed by atoms with Crippen LogP contribution in [-0.4, -0.2) is 90.3 Å². The number of thiophene rings is 1. The van der Waals surface area contributed by atoms with Gasteiger partial charge in [-0.3, -0.25) is 24.2 Å². The molecule has 1 aromatic rings. The normalized spacial score (nSPS) is 15.9. The molecule has 9 heteroatoms. The molecule has 1 saturated heterocycles. The van der Waals surface area contributed by atoms with E-state index in [4.69, 9.17) is 0 Å². The van der Waals surface area contributed by atoms with Gasteiger partial charge in [0.2, 0.25) is 17.7 Å². The van der Waals surface area contributed by atoms with Crippen LogP contribution >= 0.6 is 11.3 Å². The molecular formula is C22H37N5O3S. The predicted octanol–water partition coefficient (Wildman–Crippen LogP) is 1.14. The van der Waals surface area contributed by atoms with Gasteiger partial charge in [-0.15, -0.1) is 11.3 Å². The lowest BCUT2D eigenvalue weighted by Gasteiger charge is -2.26. The van der Waals surface area contributed by atoms with Crippen molar-refractivity contribution in [1.82, 2.24) is 25.3 Å². The van der Waals surface area contributed by atoms with Gasteiger partial charge in [0.05, 0.1) is 26.2 Å². The first-order chi connectivity index (χ1) is 14.7. The van der Waals surface area contributed by atoms with Crippen LogP contribution in [0.3, 0.4) is 0 Å². The third kappa shape index (κ3) is 9.80. The molecule has 0 aromatic carbocycles. The molecule has 0 unspecified atom stereocenters. The Labute approximate surface area is 189 Å². The van der Waals surface area contributed by atoms with Gasteiger partial charge >= 0.3 is 0 Å². The van der Waals surface area contributed by atoms with E-state index in [2.05, 4.69) is 20.4 Å². The molecule has 1 aliphatic rings. The fraction of sp³-hybridized carbons (Fsp3) is 0.682. The van der Waals surface area contributed by atoms with Crippen LogP contribution < -0.4 is 10.6 Å². The molecule has 2 N–H and O–H groups in total. The molecule has 3 amide bonds. The van der Waals surface area contributed by atoms with Crippen LogP contribution in [0.25, 0.3) is 0 Å². The molecule has 8 nitrogen and oxygen atoms in total. The maximum Gasteiger partial charge on any atom is 0.239 e. The van der Waals surface area contributed by atoms with Crippen molar-refractivity contribution in [2.24, 2.45) is 0 Å². The molecule has 1 aromatic heterocycles. The molecule has 0 radical (unpaired) electrons. The summed E-state index contributed by atoms with van der Waals surface area (Å²) < 4.78 is 0. The summed E-state index contributed by atoms with van der Waals surface area (Å²) in [5.74, 6) is -0.147. The van der Waals surface area contributed by atoms with Crippen LogP contribution in [0.2, 0.25) is 0 Å². The highest BCUT2D eigenvalue weighted by Crippen LogP contribution is 2.08. The number of hydrogen-bond donors (Lipinski definition) is 2. The van der Waals surface area contributed by atoms with E-state index in [9.17, 15) is 14.4 Å². The molecule has 1 aliphatic heterocycles. The average molecular weight is 452 g/mol. The minimum Gasteiger partial charge on any atom is -0.350 e. The Hall–Kier alpha value is -1.97. The number of amides is 3. The number of carbonyl (C=O) groups is 3. The Morgan fingerprint density at radius 1 is 1.06 bits per heavy atom. The molecule has 1 fully saturated rings. The van der Waals surface area contributed by atoms with Crippen molar-refractivity contribution in [2.75, 3.05) is 52.4 Å². The molecule has 0 spiro atoms. The van der Waals surface area contributed by atoms with Gasteiger partial charge in [-0.05, 0) is 58.7 Å². The number of hydrogen-bond acceptors (Lipinski definition) is 6. The number of carbonyl (C=O) groups excluding carboxylic acids is 3. The van der Waals surface area contributed by atoms with E-state index in [-0.39, 0.29) is 29.8 Å². The van der Waals surface area contributed by atoms with Crippen molar-refractivity contribution < 1.29 is 14.4 Å². The summed E-state index contributed by atoms with van der Waals surface area (Å²) in [6.07, 6.45) is 0.906. The zero-order valence-electron chi connectivity index (χ0n) is 19.3. The summed E-state index contributed by atoms with van der Waals surface area (Å²) in [6, 6.07) is 3.93. The van der Waals surface area contributed by atoms with E-state index in [1.54, 1.807) is 16.2 Å². The summed E-state index contributed by atoms with van der Waals surface area (Å²) >= 11 is 1.60. The summed E-state index contributed by atoms with van der Waals surface area (Å²) in [5.41, 5.74) is -0.235. The molecule has 0 bridgehead atoms. The third-order valence-electron chi connectivity index (χ3n) is 5.03. The van der Waals surface area contributed by atoms with E-state index in [1.807, 2.05) is 45.2 Å². The maximum atomic E-state index is 12.8. The first-order valence-electron chi connectivity index (χ1n) is 11.0. The van der Waals surface area contributed by atoms with Gasteiger partial charge in [-0.1, -0.05) is 6.07 Å². The van der Waals surface area contributed by atoms with E-state index >= 15 is 0 Å². The van der Waals surface area contributed by atoms with Crippen molar-refractivity contribution >= 4 is 29.1 Å². The SMILES string of the molecule is CCN(CC(=O)NCc1cccs1)C(=O)CN1CCCN(CC(=O)NC(C)(C)C)CC1. The Morgan fingerprint density at radius 3 is 2.32 bits per heavy atom. The Bertz CT molecular complexity index is 717. The van der Waals surface area contributed by atoms with Crippen LogP contribution in [0.1, 0.15) is 39.0 Å². The summed E-state index contributed by atoms with van der Waals surface area (Å²) in [4.78, 5) is 44.2. The molecule has 0 atom stereocenters. The van der Waals surface area contributed by atoms with Gasteiger partial charge in [0.1, 0.15) is 0 Å². The minimum absolute atomic E-state index is 0.0303. The van der Waals surface area contributed by atoms with E-state index < -0.39 is 0 Å². The van der Waals surface area contributed by atoms with Gasteiger partial charge in [-0.2, -0.15) is 0 Å². The van der Waals surface area contributed by atoms with Crippen molar-refractivity contribution in [2.45, 2.75) is 46.2 Å². The van der Waals surface area contributed by atoms with Crippen LogP contribution in [0.5, 0.6) is 0 Å². The van der Waals surface area contributed by atoms with Gasteiger partial charge < -0.3 is 15.5 Å². The second kappa shape index (κ2) is 12.2. The highest BCUT2D eigenvalue weighted by molar-refractivity contribution is 7.09. The first kappa shape index (κ1) is 25.3. The van der Waals surface area contributed by atoms with Crippen molar-refractivity contribution in [3.05, 3.63) is 22.4 Å². The lowest BCUT2D eigenvalue weighted by molar-refractivity contribution is -0.136. The van der Waals surface area contributed by atoms with Crippen molar-refractivity contribution in [1.29, 1.82) is 0 Å². The highest BCUT2D eigenvalue weighted by Gasteiger charge is 2.23. The number of nitrogens with one attached hydrogen (secondary N) is 2. The topological polar surface area (TPSA) is 85.0 Å². The second-order valence-electron chi connectivity index (χ2n) is 8.97. The largest absolute Gasteiger partial charge is 0.350 e. The van der Waals surface area contributed by atoms with Gasteiger partial charge in [0, 0.05) is 30.1 Å². The zero-order chi connectivity index (χ0) is 22.9. The fourth-order valence-electron chi connectivity index (χ4n) is 3.50. The molecule has 31 heavy (non-hydrogen) atoms. The molecule has 2 heterocycles. The van der Waals surface area contributed by atoms with Gasteiger partial charge in [0.25, 0.3) is 0 Å². The molecule has 0 saturated carbocycles. The van der Waals surface area contributed by atoms with Crippen LogP contribution in [0.15, 0.2) is 17.5 Å². The Morgan fingerprint density at radius 2 is 1.74 bits per heavy atom. The lowest BCUT2D eigenvalue weighted by Crippen LogP contribution is -2.47. The molecule has 0 aliphatic carbocycles. The summed E-state index contributed by atoms with van der Waals surface area (Å²) in [7, 11) is 0. The van der Waals surface area contributed by atoms with E-state index in [0.29, 0.717) is 26.2 Å². The molecule has 2 rings (SSSR count). The monoisotopic (exact) mass is 451 g/mol.